The van der Waals surface area contributed by atoms with E-state index in [1.54, 1.807) is 0 Å². The highest BCUT2D eigenvalue weighted by Crippen LogP contribution is 2.30. The normalized spacial score (nSPS) is 11.2. The summed E-state index contributed by atoms with van der Waals surface area (Å²) in [5.74, 6) is -0.183. The second-order valence-corrected chi connectivity index (χ2v) is 6.96. The van der Waals surface area contributed by atoms with Crippen LogP contribution in [-0.2, 0) is 4.79 Å². The number of benzene rings is 2. The van der Waals surface area contributed by atoms with Gasteiger partial charge in [0, 0.05) is 23.6 Å². The molecule has 0 radical (unpaired) electrons. The monoisotopic (exact) mass is 430 g/mol. The molecule has 26 heavy (non-hydrogen) atoms. The Kier molecular flexibility index (Phi) is 6.56. The van der Waals surface area contributed by atoms with Gasteiger partial charge in [0.2, 0.25) is 10.7 Å². The van der Waals surface area contributed by atoms with Crippen LogP contribution in [0.25, 0.3) is 16.9 Å². The second kappa shape index (κ2) is 8.47. The summed E-state index contributed by atoms with van der Waals surface area (Å²) in [5.41, 5.74) is 9.56. The largest absolute Gasteiger partial charge is 1.00 e. The van der Waals surface area contributed by atoms with Gasteiger partial charge in [0.1, 0.15) is 0 Å². The van der Waals surface area contributed by atoms with Crippen LogP contribution in [-0.4, -0.2) is 10.5 Å². The summed E-state index contributed by atoms with van der Waals surface area (Å²) in [6.07, 6.45) is 0. The molecule has 0 unspecified atom stereocenters. The number of amides is 1. The molecule has 0 fully saturated rings. The van der Waals surface area contributed by atoms with Gasteiger partial charge in [0.05, 0.1) is 5.69 Å². The molecule has 0 aliphatic heterocycles. The Morgan fingerprint density at radius 3 is 2.27 bits per heavy atom. The van der Waals surface area contributed by atoms with E-state index >= 15 is 0 Å². The molecule has 1 amide bonds. The minimum Gasteiger partial charge on any atom is -1.00 e. The van der Waals surface area contributed by atoms with Gasteiger partial charge in [0.25, 0.3) is 0 Å². The third kappa shape index (κ3) is 4.14. The van der Waals surface area contributed by atoms with Gasteiger partial charge in [-0.25, -0.2) is 5.43 Å². The van der Waals surface area contributed by atoms with E-state index in [1.807, 2.05) is 30.3 Å². The SMILES string of the molecule is CC(=O)N/N=c1/scc(-c2c(C)cc(C)cc2C)n1-c1ccccc1.[Br-]. The number of hydrogen-bond donors (Lipinski definition) is 1. The summed E-state index contributed by atoms with van der Waals surface area (Å²) >= 11 is 1.51. The van der Waals surface area contributed by atoms with E-state index in [4.69, 9.17) is 0 Å². The van der Waals surface area contributed by atoms with E-state index in [-0.39, 0.29) is 22.9 Å². The molecule has 0 bridgehead atoms. The van der Waals surface area contributed by atoms with Crippen molar-refractivity contribution in [3.63, 3.8) is 0 Å². The first-order chi connectivity index (χ1) is 12.0. The maximum atomic E-state index is 11.3. The highest BCUT2D eigenvalue weighted by Gasteiger charge is 2.14. The van der Waals surface area contributed by atoms with Crippen LogP contribution in [0.1, 0.15) is 23.6 Å². The Morgan fingerprint density at radius 2 is 1.69 bits per heavy atom. The molecule has 0 spiro atoms. The first-order valence-electron chi connectivity index (χ1n) is 8.12. The smallest absolute Gasteiger partial charge is 0.237 e. The summed E-state index contributed by atoms with van der Waals surface area (Å²) in [6, 6.07) is 14.5. The van der Waals surface area contributed by atoms with Gasteiger partial charge in [-0.3, -0.25) is 9.36 Å². The summed E-state index contributed by atoms with van der Waals surface area (Å²) in [4.78, 5) is 12.0. The number of rotatable bonds is 3. The maximum Gasteiger partial charge on any atom is 0.237 e. The summed E-state index contributed by atoms with van der Waals surface area (Å²) < 4.78 is 2.09. The van der Waals surface area contributed by atoms with Crippen LogP contribution in [0.5, 0.6) is 0 Å². The molecule has 4 nitrogen and oxygen atoms in total. The molecule has 3 aromatic rings. The third-order valence-electron chi connectivity index (χ3n) is 3.96. The Bertz CT molecular complexity index is 967. The molecule has 136 valence electrons. The van der Waals surface area contributed by atoms with Crippen LogP contribution < -0.4 is 27.2 Å². The van der Waals surface area contributed by atoms with Crippen LogP contribution in [0.3, 0.4) is 0 Å². The zero-order valence-electron chi connectivity index (χ0n) is 15.2. The standard InChI is InChI=1S/C20H21N3OS.BrH/c1-13-10-14(2)19(15(3)11-13)18-12-25-20(22-21-16(4)24)23(18)17-8-6-5-7-9-17;/h5-12H,1-4H3,(H,21,24);1H/p-1/b22-20+;. The van der Waals surface area contributed by atoms with Crippen molar-refractivity contribution in [2.24, 2.45) is 5.10 Å². The number of aromatic nitrogens is 1. The predicted octanol–water partition coefficient (Wildman–Crippen LogP) is 1.09. The highest BCUT2D eigenvalue weighted by molar-refractivity contribution is 7.07. The number of thiazole rings is 1. The van der Waals surface area contributed by atoms with Gasteiger partial charge in [-0.2, -0.15) is 0 Å². The van der Waals surface area contributed by atoms with Crippen molar-refractivity contribution in [3.8, 4) is 16.9 Å². The number of carbonyl (C=O) groups is 1. The number of para-hydroxylation sites is 1. The van der Waals surface area contributed by atoms with Crippen molar-refractivity contribution in [1.29, 1.82) is 0 Å². The zero-order valence-corrected chi connectivity index (χ0v) is 17.6. The van der Waals surface area contributed by atoms with Gasteiger partial charge < -0.3 is 17.0 Å². The summed E-state index contributed by atoms with van der Waals surface area (Å²) in [6.45, 7) is 7.83. The van der Waals surface area contributed by atoms with Crippen molar-refractivity contribution in [2.75, 3.05) is 0 Å². The van der Waals surface area contributed by atoms with Gasteiger partial charge in [0.15, 0.2) is 0 Å². The molecule has 3 rings (SSSR count). The lowest BCUT2D eigenvalue weighted by molar-refractivity contribution is -0.119. The van der Waals surface area contributed by atoms with Crippen LogP contribution in [0, 0.1) is 20.8 Å². The minimum atomic E-state index is -0.183. The molecule has 1 heterocycles. The number of nitrogens with one attached hydrogen (secondary N) is 1. The van der Waals surface area contributed by atoms with Crippen molar-refractivity contribution < 1.29 is 21.8 Å². The third-order valence-corrected chi connectivity index (χ3v) is 4.79. The van der Waals surface area contributed by atoms with Crippen molar-refractivity contribution in [3.05, 3.63) is 69.3 Å². The predicted molar refractivity (Wildman–Crippen MR) is 103 cm³/mol. The molecule has 0 atom stereocenters. The topological polar surface area (TPSA) is 46.4 Å². The fraction of sp³-hybridized carbons (Fsp3) is 0.200. The summed E-state index contributed by atoms with van der Waals surface area (Å²) in [7, 11) is 0. The molecule has 1 aromatic heterocycles. The number of halogens is 1. The molecule has 0 saturated heterocycles. The number of aryl methyl sites for hydroxylation is 3. The Balaban J connectivity index is 0.00000243. The van der Waals surface area contributed by atoms with Gasteiger partial charge in [-0.1, -0.05) is 35.9 Å². The molecular weight excluding hydrogens is 410 g/mol. The minimum absolute atomic E-state index is 0. The number of nitrogens with zero attached hydrogens (tertiary/aromatic N) is 2. The molecule has 2 aromatic carbocycles. The molecule has 0 saturated carbocycles. The quantitative estimate of drug-likeness (QED) is 0.621. The van der Waals surface area contributed by atoms with Crippen molar-refractivity contribution in [2.45, 2.75) is 27.7 Å². The van der Waals surface area contributed by atoms with Gasteiger partial charge in [-0.15, -0.1) is 16.4 Å². The average Bonchev–Trinajstić information content (AvgIpc) is 2.96. The van der Waals surface area contributed by atoms with Crippen molar-refractivity contribution >= 4 is 17.2 Å². The van der Waals surface area contributed by atoms with E-state index < -0.39 is 0 Å². The first-order valence-corrected chi connectivity index (χ1v) is 9.00. The fourth-order valence-corrected chi connectivity index (χ4v) is 3.95. The lowest BCUT2D eigenvalue weighted by Gasteiger charge is -2.14. The lowest BCUT2D eigenvalue weighted by Crippen LogP contribution is -3.00. The number of carbonyl (C=O) groups excluding carboxylic acids is 1. The summed E-state index contributed by atoms with van der Waals surface area (Å²) in [5, 5.41) is 6.38. The molecular formula is C20H21BrN3OS-. The van der Waals surface area contributed by atoms with Crippen LogP contribution in [0.4, 0.5) is 0 Å². The van der Waals surface area contributed by atoms with E-state index in [0.29, 0.717) is 0 Å². The first kappa shape index (κ1) is 20.1. The molecule has 0 aliphatic rings. The molecule has 1 N–H and O–H groups in total. The zero-order chi connectivity index (χ0) is 18.0. The van der Waals surface area contributed by atoms with Crippen LogP contribution >= 0.6 is 11.3 Å². The van der Waals surface area contributed by atoms with Crippen LogP contribution in [0.15, 0.2) is 52.9 Å². The van der Waals surface area contributed by atoms with Crippen LogP contribution in [0.2, 0.25) is 0 Å². The van der Waals surface area contributed by atoms with Gasteiger partial charge in [-0.05, 0) is 44.0 Å². The van der Waals surface area contributed by atoms with Crippen molar-refractivity contribution in [1.82, 2.24) is 9.99 Å². The lowest BCUT2D eigenvalue weighted by atomic mass is 9.97. The van der Waals surface area contributed by atoms with Gasteiger partial charge >= 0.3 is 0 Å². The van der Waals surface area contributed by atoms with E-state index in [1.165, 1.54) is 40.5 Å². The number of hydrogen-bond acceptors (Lipinski definition) is 3. The Morgan fingerprint density at radius 1 is 1.08 bits per heavy atom. The van der Waals surface area contributed by atoms with E-state index in [9.17, 15) is 4.79 Å². The maximum absolute atomic E-state index is 11.3. The Hall–Kier alpha value is -2.18. The molecule has 6 heteroatoms. The van der Waals surface area contributed by atoms with E-state index in [0.717, 1.165) is 16.2 Å². The second-order valence-electron chi connectivity index (χ2n) is 6.13. The fourth-order valence-electron chi connectivity index (χ4n) is 3.10. The van der Waals surface area contributed by atoms with E-state index in [2.05, 4.69) is 53.4 Å². The Labute approximate surface area is 168 Å². The highest BCUT2D eigenvalue weighted by atomic mass is 79.9. The average molecular weight is 431 g/mol. The molecule has 0 aliphatic carbocycles.